The Morgan fingerprint density at radius 1 is 1.56 bits per heavy atom. The van der Waals surface area contributed by atoms with Crippen LogP contribution < -0.4 is 16.8 Å². The van der Waals surface area contributed by atoms with Crippen LogP contribution in [-0.2, 0) is 4.74 Å². The molecule has 0 aliphatic carbocycles. The zero-order valence-corrected chi connectivity index (χ0v) is 9.05. The number of carbonyl (C=O) groups is 1. The smallest absolute Gasteiger partial charge is 0.404 e. The van der Waals surface area contributed by atoms with E-state index in [1.54, 1.807) is 0 Å². The maximum Gasteiger partial charge on any atom is 0.404 e. The molecule has 16 heavy (non-hydrogen) atoms. The van der Waals surface area contributed by atoms with Crippen LogP contribution in [0.5, 0.6) is 0 Å². The molecule has 7 heteroatoms. The van der Waals surface area contributed by atoms with Crippen molar-refractivity contribution in [3.63, 3.8) is 0 Å². The van der Waals surface area contributed by atoms with Gasteiger partial charge in [-0.1, -0.05) is 11.6 Å². The first-order valence-electron chi connectivity index (χ1n) is 4.41. The second kappa shape index (κ2) is 5.41. The number of amides is 1. The number of nitrogens with two attached hydrogens (primary N) is 2. The molecule has 0 radical (unpaired) electrons. The lowest BCUT2D eigenvalue weighted by Crippen LogP contribution is -2.18. The number of ether oxygens (including phenoxy) is 1. The Labute approximate surface area is 96.5 Å². The van der Waals surface area contributed by atoms with Crippen molar-refractivity contribution in [2.24, 2.45) is 5.73 Å². The second-order valence-electron chi connectivity index (χ2n) is 2.95. The van der Waals surface area contributed by atoms with Crippen molar-refractivity contribution in [2.75, 3.05) is 24.2 Å². The van der Waals surface area contributed by atoms with E-state index in [0.29, 0.717) is 12.2 Å². The monoisotopic (exact) mass is 247 g/mol. The number of carbonyl (C=O) groups excluding carboxylic acids is 1. The van der Waals surface area contributed by atoms with Crippen molar-refractivity contribution in [1.29, 1.82) is 0 Å². The van der Waals surface area contributed by atoms with E-state index in [4.69, 9.17) is 23.1 Å². The molecule has 5 N–H and O–H groups in total. The van der Waals surface area contributed by atoms with E-state index in [9.17, 15) is 9.18 Å². The van der Waals surface area contributed by atoms with Crippen LogP contribution in [0.3, 0.4) is 0 Å². The van der Waals surface area contributed by atoms with Gasteiger partial charge in [0.15, 0.2) is 0 Å². The lowest BCUT2D eigenvalue weighted by atomic mass is 10.2. The Bertz CT molecular complexity index is 401. The van der Waals surface area contributed by atoms with Gasteiger partial charge in [-0.05, 0) is 6.07 Å². The average molecular weight is 248 g/mol. The van der Waals surface area contributed by atoms with Gasteiger partial charge in [0, 0.05) is 12.6 Å². The minimum absolute atomic E-state index is 0.0347. The Hall–Kier alpha value is -1.69. The first kappa shape index (κ1) is 12.4. The van der Waals surface area contributed by atoms with E-state index in [0.717, 1.165) is 6.07 Å². The van der Waals surface area contributed by atoms with Gasteiger partial charge in [-0.2, -0.15) is 0 Å². The van der Waals surface area contributed by atoms with Crippen LogP contribution in [0.2, 0.25) is 5.02 Å². The molecular weight excluding hydrogens is 237 g/mol. The predicted octanol–water partition coefficient (Wildman–Crippen LogP) is 1.57. The number of nitrogen functional groups attached to an aromatic ring is 1. The number of halogens is 2. The average Bonchev–Trinajstić information content (AvgIpc) is 2.19. The molecule has 0 saturated carbocycles. The summed E-state index contributed by atoms with van der Waals surface area (Å²) in [6.45, 7) is 0.388. The Kier molecular flexibility index (Phi) is 4.19. The Morgan fingerprint density at radius 3 is 2.88 bits per heavy atom. The Morgan fingerprint density at radius 2 is 2.25 bits per heavy atom. The fourth-order valence-electron chi connectivity index (χ4n) is 1.05. The summed E-state index contributed by atoms with van der Waals surface area (Å²) in [6, 6.07) is 2.47. The quantitative estimate of drug-likeness (QED) is 0.556. The van der Waals surface area contributed by atoms with Gasteiger partial charge in [-0.25, -0.2) is 9.18 Å². The highest BCUT2D eigenvalue weighted by Crippen LogP contribution is 2.25. The van der Waals surface area contributed by atoms with Crippen LogP contribution >= 0.6 is 11.6 Å². The number of primary amides is 1. The number of benzene rings is 1. The molecule has 0 atom stereocenters. The van der Waals surface area contributed by atoms with Crippen molar-refractivity contribution in [3.05, 3.63) is 23.0 Å². The third-order valence-electron chi connectivity index (χ3n) is 1.75. The molecule has 0 saturated heterocycles. The van der Waals surface area contributed by atoms with E-state index >= 15 is 0 Å². The number of hydrogen-bond donors (Lipinski definition) is 3. The zero-order chi connectivity index (χ0) is 12.1. The third kappa shape index (κ3) is 3.47. The van der Waals surface area contributed by atoms with E-state index in [-0.39, 0.29) is 17.3 Å². The first-order valence-corrected chi connectivity index (χ1v) is 4.79. The van der Waals surface area contributed by atoms with E-state index in [1.165, 1.54) is 6.07 Å². The summed E-state index contributed by atoms with van der Waals surface area (Å²) in [7, 11) is 0. The molecule has 1 amide bonds. The SMILES string of the molecule is NC(=O)OCCNc1cc(Cl)c(F)cc1N. The molecular formula is C9H11ClFN3O2. The van der Waals surface area contributed by atoms with Gasteiger partial charge in [-0.15, -0.1) is 0 Å². The maximum absolute atomic E-state index is 12.9. The van der Waals surface area contributed by atoms with E-state index in [1.807, 2.05) is 0 Å². The van der Waals surface area contributed by atoms with Crippen molar-refractivity contribution < 1.29 is 13.9 Å². The molecule has 0 bridgehead atoms. The highest BCUT2D eigenvalue weighted by atomic mass is 35.5. The molecule has 0 fully saturated rings. The summed E-state index contributed by atoms with van der Waals surface area (Å²) >= 11 is 5.57. The summed E-state index contributed by atoms with van der Waals surface area (Å²) < 4.78 is 17.4. The summed E-state index contributed by atoms with van der Waals surface area (Å²) in [5.41, 5.74) is 11.0. The summed E-state index contributed by atoms with van der Waals surface area (Å²) in [6.07, 6.45) is -0.855. The predicted molar refractivity (Wildman–Crippen MR) is 59.8 cm³/mol. The molecule has 0 unspecified atom stereocenters. The Balaban J connectivity index is 2.54. The molecule has 0 spiro atoms. The minimum Gasteiger partial charge on any atom is -0.448 e. The van der Waals surface area contributed by atoms with Crippen LogP contribution in [0.25, 0.3) is 0 Å². The molecule has 0 heterocycles. The van der Waals surface area contributed by atoms with Crippen LogP contribution in [-0.4, -0.2) is 19.2 Å². The molecule has 5 nitrogen and oxygen atoms in total. The van der Waals surface area contributed by atoms with E-state index < -0.39 is 11.9 Å². The third-order valence-corrected chi connectivity index (χ3v) is 2.04. The zero-order valence-electron chi connectivity index (χ0n) is 8.30. The normalized spacial score (nSPS) is 9.88. The van der Waals surface area contributed by atoms with Gasteiger partial charge in [0.25, 0.3) is 0 Å². The standard InChI is InChI=1S/C9H11ClFN3O2/c10-5-3-8(7(12)4-6(5)11)14-1-2-16-9(13)15/h3-4,14H,1-2,12H2,(H2,13,15). The van der Waals surface area contributed by atoms with Crippen LogP contribution in [0, 0.1) is 5.82 Å². The molecule has 0 aliphatic rings. The second-order valence-corrected chi connectivity index (χ2v) is 3.36. The van der Waals surface area contributed by atoms with E-state index in [2.05, 4.69) is 10.1 Å². The largest absolute Gasteiger partial charge is 0.448 e. The van der Waals surface area contributed by atoms with Gasteiger partial charge < -0.3 is 21.5 Å². The fraction of sp³-hybridized carbons (Fsp3) is 0.222. The maximum atomic E-state index is 12.9. The first-order chi connectivity index (χ1) is 7.50. The molecule has 0 aliphatic heterocycles. The topological polar surface area (TPSA) is 90.4 Å². The van der Waals surface area contributed by atoms with Gasteiger partial charge in [-0.3, -0.25) is 0 Å². The lowest BCUT2D eigenvalue weighted by molar-refractivity contribution is 0.161. The van der Waals surface area contributed by atoms with Gasteiger partial charge in [0.1, 0.15) is 12.4 Å². The van der Waals surface area contributed by atoms with Crippen molar-refractivity contribution >= 4 is 29.1 Å². The number of nitrogens with one attached hydrogen (secondary N) is 1. The molecule has 1 aromatic carbocycles. The summed E-state index contributed by atoms with van der Waals surface area (Å²) in [5.74, 6) is -0.585. The van der Waals surface area contributed by atoms with Gasteiger partial charge in [0.05, 0.1) is 16.4 Å². The van der Waals surface area contributed by atoms with Crippen LogP contribution in [0.4, 0.5) is 20.6 Å². The number of hydrogen-bond acceptors (Lipinski definition) is 4. The van der Waals surface area contributed by atoms with Gasteiger partial charge in [0.2, 0.25) is 0 Å². The molecule has 1 rings (SSSR count). The molecule has 0 aromatic heterocycles. The van der Waals surface area contributed by atoms with Crippen molar-refractivity contribution in [2.45, 2.75) is 0 Å². The van der Waals surface area contributed by atoms with Crippen LogP contribution in [0.1, 0.15) is 0 Å². The highest BCUT2D eigenvalue weighted by molar-refractivity contribution is 6.31. The highest BCUT2D eigenvalue weighted by Gasteiger charge is 2.05. The summed E-state index contributed by atoms with van der Waals surface area (Å²) in [4.78, 5) is 10.3. The number of anilines is 2. The minimum atomic E-state index is -0.855. The molecule has 88 valence electrons. The van der Waals surface area contributed by atoms with Crippen molar-refractivity contribution in [3.8, 4) is 0 Å². The van der Waals surface area contributed by atoms with Crippen molar-refractivity contribution in [1.82, 2.24) is 0 Å². The number of rotatable bonds is 4. The van der Waals surface area contributed by atoms with Gasteiger partial charge >= 0.3 is 6.09 Å². The fourth-order valence-corrected chi connectivity index (χ4v) is 1.22. The lowest BCUT2D eigenvalue weighted by Gasteiger charge is -2.09. The molecule has 1 aromatic rings. The summed E-state index contributed by atoms with van der Waals surface area (Å²) in [5, 5.41) is 2.79. The van der Waals surface area contributed by atoms with Crippen LogP contribution in [0.15, 0.2) is 12.1 Å².